The zero-order valence-electron chi connectivity index (χ0n) is 15.7. The Hall–Kier alpha value is -2.96. The molecule has 2 aromatic rings. The van der Waals surface area contributed by atoms with E-state index in [-0.39, 0.29) is 12.6 Å². The van der Waals surface area contributed by atoms with Crippen molar-refractivity contribution in [3.05, 3.63) is 61.8 Å². The molecule has 4 rings (SSSR count). The Labute approximate surface area is 155 Å². The van der Waals surface area contributed by atoms with E-state index in [0.717, 1.165) is 10.1 Å². The molecule has 0 bridgehead atoms. The molecule has 140 valence electrons. The molecule has 0 amide bonds. The fourth-order valence-corrected chi connectivity index (χ4v) is 3.91. The van der Waals surface area contributed by atoms with Crippen LogP contribution in [0.4, 0.5) is 5.82 Å². The highest BCUT2D eigenvalue weighted by Crippen LogP contribution is 2.42. The second-order valence-corrected chi connectivity index (χ2v) is 7.43. The average molecular weight is 367 g/mol. The van der Waals surface area contributed by atoms with Gasteiger partial charge in [-0.15, -0.1) is 0 Å². The summed E-state index contributed by atoms with van der Waals surface area (Å²) in [6, 6.07) is 7.92. The van der Waals surface area contributed by atoms with E-state index in [9.17, 15) is 14.4 Å². The molecule has 1 fully saturated rings. The number of benzene rings is 1. The van der Waals surface area contributed by atoms with Gasteiger partial charge >= 0.3 is 11.7 Å². The van der Waals surface area contributed by atoms with Gasteiger partial charge in [-0.1, -0.05) is 38.1 Å². The summed E-state index contributed by atoms with van der Waals surface area (Å²) in [7, 11) is 3.03. The summed E-state index contributed by atoms with van der Waals surface area (Å²) in [6.07, 6.45) is 0. The number of nitrogens with zero attached hydrogens (tertiary/aromatic N) is 3. The van der Waals surface area contributed by atoms with E-state index in [1.807, 2.05) is 24.3 Å². The van der Waals surface area contributed by atoms with E-state index in [0.29, 0.717) is 23.0 Å². The lowest BCUT2D eigenvalue weighted by atomic mass is 9.77. The van der Waals surface area contributed by atoms with Crippen LogP contribution in [0.1, 0.15) is 42.4 Å². The fraction of sp³-hybridized carbons (Fsp3) is 0.400. The summed E-state index contributed by atoms with van der Waals surface area (Å²) in [4.78, 5) is 42.2. The molecule has 27 heavy (non-hydrogen) atoms. The molecule has 0 radical (unpaired) electrons. The summed E-state index contributed by atoms with van der Waals surface area (Å²) in [6.45, 7) is 4.30. The van der Waals surface area contributed by atoms with E-state index < -0.39 is 23.1 Å². The van der Waals surface area contributed by atoms with Crippen LogP contribution >= 0.6 is 0 Å². The third-order valence-corrected chi connectivity index (χ3v) is 5.50. The maximum atomic E-state index is 13.0. The van der Waals surface area contributed by atoms with Crippen molar-refractivity contribution in [1.29, 1.82) is 0 Å². The summed E-state index contributed by atoms with van der Waals surface area (Å²) < 4.78 is 7.64. The van der Waals surface area contributed by atoms with Gasteiger partial charge in [0.1, 0.15) is 18.3 Å². The number of aliphatic imine (C=N–C) groups is 1. The smallest absolute Gasteiger partial charge is 0.332 e. The molecule has 0 saturated carbocycles. The Balaban J connectivity index is 2.01. The van der Waals surface area contributed by atoms with Crippen LogP contribution in [0.5, 0.6) is 0 Å². The van der Waals surface area contributed by atoms with Gasteiger partial charge < -0.3 is 4.74 Å². The first kappa shape index (κ1) is 17.5. The van der Waals surface area contributed by atoms with Gasteiger partial charge in [-0.05, 0) is 17.0 Å². The number of carbonyl (C=O) groups excluding carboxylic acids is 1. The van der Waals surface area contributed by atoms with Crippen molar-refractivity contribution in [2.75, 3.05) is 6.61 Å². The third-order valence-electron chi connectivity index (χ3n) is 5.50. The van der Waals surface area contributed by atoms with Gasteiger partial charge in [-0.3, -0.25) is 18.7 Å². The van der Waals surface area contributed by atoms with E-state index in [4.69, 9.17) is 4.74 Å². The lowest BCUT2D eigenvalue weighted by Gasteiger charge is -2.28. The number of fused-ring (bicyclic) bond motifs is 2. The van der Waals surface area contributed by atoms with E-state index in [1.54, 1.807) is 7.05 Å². The molecule has 0 aliphatic carbocycles. The number of cyclic esters (lactones) is 1. The van der Waals surface area contributed by atoms with E-state index in [1.165, 1.54) is 17.2 Å². The summed E-state index contributed by atoms with van der Waals surface area (Å²) in [5, 5.41) is 0. The molecule has 0 spiro atoms. The minimum absolute atomic E-state index is 0.0902. The molecular formula is C20H21N3O4. The predicted molar refractivity (Wildman–Crippen MR) is 101 cm³/mol. The maximum absolute atomic E-state index is 13.0. The van der Waals surface area contributed by atoms with Gasteiger partial charge in [0.2, 0.25) is 0 Å². The zero-order chi connectivity index (χ0) is 19.5. The van der Waals surface area contributed by atoms with Crippen molar-refractivity contribution in [3.8, 4) is 0 Å². The topological polar surface area (TPSA) is 82.7 Å². The maximum Gasteiger partial charge on any atom is 0.332 e. The van der Waals surface area contributed by atoms with Gasteiger partial charge in [0, 0.05) is 20.0 Å². The van der Waals surface area contributed by atoms with E-state index in [2.05, 4.69) is 18.8 Å². The summed E-state index contributed by atoms with van der Waals surface area (Å²) >= 11 is 0. The Bertz CT molecular complexity index is 1090. The van der Waals surface area contributed by atoms with Crippen LogP contribution in [-0.4, -0.2) is 27.4 Å². The van der Waals surface area contributed by atoms with Crippen LogP contribution in [0, 0.1) is 5.92 Å². The van der Waals surface area contributed by atoms with Crippen molar-refractivity contribution in [1.82, 2.24) is 9.13 Å². The quantitative estimate of drug-likeness (QED) is 0.755. The Morgan fingerprint density at radius 3 is 2.33 bits per heavy atom. The lowest BCUT2D eigenvalue weighted by Crippen LogP contribution is -2.43. The lowest BCUT2D eigenvalue weighted by molar-refractivity contribution is -0.141. The number of hydrogen-bond acceptors (Lipinski definition) is 5. The number of aromatic nitrogens is 2. The molecule has 1 aromatic carbocycles. The molecule has 7 nitrogen and oxygen atoms in total. The second kappa shape index (κ2) is 6.04. The highest BCUT2D eigenvalue weighted by atomic mass is 16.5. The molecule has 1 aromatic heterocycles. The van der Waals surface area contributed by atoms with Gasteiger partial charge in [0.25, 0.3) is 5.56 Å². The number of ether oxygens (including phenoxy) is 1. The van der Waals surface area contributed by atoms with Crippen molar-refractivity contribution in [2.45, 2.75) is 25.7 Å². The molecule has 7 heteroatoms. The standard InChI is InChI=1S/C20H21N3O4/c1-10(2)11-5-7-12(8-6-11)14-15-13(9-27-19(15)25)21-17-16(14)18(24)23(4)20(26)22(17)3/h5-8,10,14-15H,9H2,1-4H3. The van der Waals surface area contributed by atoms with Crippen LogP contribution in [0.25, 0.3) is 0 Å². The number of hydrogen-bond donors (Lipinski definition) is 0. The third kappa shape index (κ3) is 2.49. The van der Waals surface area contributed by atoms with Crippen LogP contribution in [0.15, 0.2) is 38.8 Å². The Morgan fingerprint density at radius 2 is 1.70 bits per heavy atom. The molecule has 2 atom stereocenters. The molecule has 2 unspecified atom stereocenters. The van der Waals surface area contributed by atoms with Crippen LogP contribution < -0.4 is 11.2 Å². The van der Waals surface area contributed by atoms with Crippen LogP contribution in [-0.2, 0) is 23.6 Å². The molecular weight excluding hydrogens is 346 g/mol. The minimum atomic E-state index is -0.632. The SMILES string of the molecule is CC(C)c1ccc(C2c3c(n(C)c(=O)n(C)c3=O)N=C3COC(=O)C32)cc1. The highest BCUT2D eigenvalue weighted by molar-refractivity contribution is 6.10. The predicted octanol–water partition coefficient (Wildman–Crippen LogP) is 1.60. The monoisotopic (exact) mass is 367 g/mol. The van der Waals surface area contributed by atoms with Crippen molar-refractivity contribution in [2.24, 2.45) is 25.0 Å². The molecule has 2 aliphatic rings. The fourth-order valence-electron chi connectivity index (χ4n) is 3.91. The Kier molecular flexibility index (Phi) is 3.91. The van der Waals surface area contributed by atoms with Gasteiger partial charge in [0.15, 0.2) is 0 Å². The first-order chi connectivity index (χ1) is 12.8. The first-order valence-electron chi connectivity index (χ1n) is 8.95. The number of esters is 1. The van der Waals surface area contributed by atoms with Crippen LogP contribution in [0.2, 0.25) is 0 Å². The highest BCUT2D eigenvalue weighted by Gasteiger charge is 2.46. The Morgan fingerprint density at radius 1 is 1.04 bits per heavy atom. The summed E-state index contributed by atoms with van der Waals surface area (Å²) in [5.74, 6) is -0.847. The molecule has 2 aliphatic heterocycles. The average Bonchev–Trinajstić information content (AvgIpc) is 3.04. The largest absolute Gasteiger partial charge is 0.459 e. The van der Waals surface area contributed by atoms with Gasteiger partial charge in [-0.25, -0.2) is 9.79 Å². The molecule has 0 N–H and O–H groups in total. The normalized spacial score (nSPS) is 20.9. The minimum Gasteiger partial charge on any atom is -0.459 e. The zero-order valence-corrected chi connectivity index (χ0v) is 15.7. The number of carbonyl (C=O) groups is 1. The first-order valence-corrected chi connectivity index (χ1v) is 8.95. The second-order valence-electron chi connectivity index (χ2n) is 7.43. The summed E-state index contributed by atoms with van der Waals surface area (Å²) in [5.41, 5.74) is 2.08. The number of rotatable bonds is 2. The van der Waals surface area contributed by atoms with E-state index >= 15 is 0 Å². The van der Waals surface area contributed by atoms with Crippen LogP contribution in [0.3, 0.4) is 0 Å². The van der Waals surface area contributed by atoms with Crippen molar-refractivity contribution in [3.63, 3.8) is 0 Å². The van der Waals surface area contributed by atoms with Gasteiger partial charge in [0.05, 0.1) is 11.3 Å². The molecule has 1 saturated heterocycles. The van der Waals surface area contributed by atoms with Crippen molar-refractivity contribution < 1.29 is 9.53 Å². The molecule has 3 heterocycles. The van der Waals surface area contributed by atoms with Gasteiger partial charge in [-0.2, -0.15) is 0 Å². The van der Waals surface area contributed by atoms with Crippen molar-refractivity contribution >= 4 is 17.5 Å².